The number of piperazine rings is 1. The Kier molecular flexibility index (Phi) is 7.02. The fourth-order valence-corrected chi connectivity index (χ4v) is 5.65. The lowest BCUT2D eigenvalue weighted by atomic mass is 10.2. The second-order valence-electron chi connectivity index (χ2n) is 6.95. The first kappa shape index (κ1) is 20.6. The van der Waals surface area contributed by atoms with Crippen molar-refractivity contribution in [2.24, 2.45) is 0 Å². The van der Waals surface area contributed by atoms with Gasteiger partial charge in [0.25, 0.3) is 5.91 Å². The maximum absolute atomic E-state index is 12.8. The minimum Gasteiger partial charge on any atom is -0.336 e. The third-order valence-corrected chi connectivity index (χ3v) is 7.59. The number of amides is 1. The van der Waals surface area contributed by atoms with Gasteiger partial charge in [0.05, 0.1) is 3.79 Å². The van der Waals surface area contributed by atoms with E-state index in [9.17, 15) is 4.79 Å². The second-order valence-corrected chi connectivity index (χ2v) is 10.5. The van der Waals surface area contributed by atoms with Gasteiger partial charge in [0.2, 0.25) is 0 Å². The quantitative estimate of drug-likeness (QED) is 0.450. The van der Waals surface area contributed by atoms with Crippen molar-refractivity contribution in [3.63, 3.8) is 0 Å². The van der Waals surface area contributed by atoms with Gasteiger partial charge < -0.3 is 4.90 Å². The van der Waals surface area contributed by atoms with Crippen LogP contribution in [-0.4, -0.2) is 46.9 Å². The molecule has 1 aliphatic heterocycles. The zero-order chi connectivity index (χ0) is 20.1. The summed E-state index contributed by atoms with van der Waals surface area (Å²) in [5.41, 5.74) is 1.97. The van der Waals surface area contributed by atoms with E-state index in [1.807, 2.05) is 41.4 Å². The van der Waals surface area contributed by atoms with Crippen molar-refractivity contribution in [1.82, 2.24) is 14.8 Å². The van der Waals surface area contributed by atoms with E-state index in [-0.39, 0.29) is 5.91 Å². The van der Waals surface area contributed by atoms with Gasteiger partial charge in [0.1, 0.15) is 0 Å². The number of halogens is 1. The third-order valence-electron chi connectivity index (χ3n) is 4.90. The topological polar surface area (TPSA) is 36.4 Å². The average Bonchev–Trinajstić information content (AvgIpc) is 3.18. The van der Waals surface area contributed by atoms with E-state index in [4.69, 9.17) is 0 Å². The SMILES string of the molecule is O=C(c1ccc(SCc2cccnc2)cc1)N1CCN(Cc2ccc(Br)s2)CC1. The molecular formula is C22H22BrN3OS2. The molecule has 0 N–H and O–H groups in total. The van der Waals surface area contributed by atoms with Gasteiger partial charge >= 0.3 is 0 Å². The Labute approximate surface area is 188 Å². The van der Waals surface area contributed by atoms with Crippen molar-refractivity contribution < 1.29 is 4.79 Å². The number of hydrogen-bond donors (Lipinski definition) is 0. The lowest BCUT2D eigenvalue weighted by molar-refractivity contribution is 0.0629. The number of hydrogen-bond acceptors (Lipinski definition) is 5. The molecule has 150 valence electrons. The van der Waals surface area contributed by atoms with E-state index < -0.39 is 0 Å². The molecule has 0 spiro atoms. The molecule has 1 amide bonds. The van der Waals surface area contributed by atoms with E-state index >= 15 is 0 Å². The molecule has 3 aromatic rings. The lowest BCUT2D eigenvalue weighted by Crippen LogP contribution is -2.48. The van der Waals surface area contributed by atoms with E-state index in [1.54, 1.807) is 29.3 Å². The van der Waals surface area contributed by atoms with Crippen LogP contribution in [0.25, 0.3) is 0 Å². The normalized spacial score (nSPS) is 14.9. The Balaban J connectivity index is 1.27. The minimum atomic E-state index is 0.132. The first-order chi connectivity index (χ1) is 14.2. The molecule has 1 saturated heterocycles. The van der Waals surface area contributed by atoms with Crippen LogP contribution in [0, 0.1) is 0 Å². The summed E-state index contributed by atoms with van der Waals surface area (Å²) in [6.45, 7) is 4.35. The van der Waals surface area contributed by atoms with Crippen LogP contribution in [0.1, 0.15) is 20.8 Å². The molecule has 1 fully saturated rings. The standard InChI is InChI=1S/C22H22BrN3OS2/c23-21-8-7-20(29-21)15-25-10-12-26(13-11-25)22(27)18-3-5-19(6-4-18)28-16-17-2-1-9-24-14-17/h1-9,14H,10-13,15-16H2. The average molecular weight is 488 g/mol. The Bertz CT molecular complexity index is 938. The molecule has 4 nitrogen and oxygen atoms in total. The maximum atomic E-state index is 12.8. The molecule has 0 aliphatic carbocycles. The van der Waals surface area contributed by atoms with Crippen LogP contribution in [0.4, 0.5) is 0 Å². The zero-order valence-corrected chi connectivity index (χ0v) is 19.2. The van der Waals surface area contributed by atoms with Gasteiger partial charge in [0, 0.05) is 66.2 Å². The number of carbonyl (C=O) groups is 1. The summed E-state index contributed by atoms with van der Waals surface area (Å²) in [4.78, 5) is 23.9. The summed E-state index contributed by atoms with van der Waals surface area (Å²) in [5, 5.41) is 0. The van der Waals surface area contributed by atoms with Gasteiger partial charge in [0.15, 0.2) is 0 Å². The van der Waals surface area contributed by atoms with Gasteiger partial charge in [-0.15, -0.1) is 23.1 Å². The van der Waals surface area contributed by atoms with Crippen LogP contribution < -0.4 is 0 Å². The van der Waals surface area contributed by atoms with Gasteiger partial charge in [-0.1, -0.05) is 6.07 Å². The highest BCUT2D eigenvalue weighted by Gasteiger charge is 2.22. The Morgan fingerprint density at radius 1 is 1.07 bits per heavy atom. The summed E-state index contributed by atoms with van der Waals surface area (Å²) in [7, 11) is 0. The molecule has 29 heavy (non-hydrogen) atoms. The number of carbonyl (C=O) groups excluding carboxylic acids is 1. The van der Waals surface area contributed by atoms with Crippen molar-refractivity contribution in [2.75, 3.05) is 26.2 Å². The van der Waals surface area contributed by atoms with E-state index in [2.05, 4.69) is 44.0 Å². The lowest BCUT2D eigenvalue weighted by Gasteiger charge is -2.34. The number of rotatable bonds is 6. The van der Waals surface area contributed by atoms with Crippen molar-refractivity contribution in [3.05, 3.63) is 80.7 Å². The Hall–Kier alpha value is -1.67. The van der Waals surface area contributed by atoms with Gasteiger partial charge in [-0.25, -0.2) is 0 Å². The molecule has 7 heteroatoms. The first-order valence-corrected chi connectivity index (χ1v) is 12.1. The highest BCUT2D eigenvalue weighted by atomic mass is 79.9. The number of thioether (sulfide) groups is 1. The Morgan fingerprint density at radius 2 is 1.86 bits per heavy atom. The van der Waals surface area contributed by atoms with Crippen LogP contribution in [0.15, 0.2) is 69.6 Å². The molecule has 0 saturated carbocycles. The Morgan fingerprint density at radius 3 is 2.52 bits per heavy atom. The number of aromatic nitrogens is 1. The summed E-state index contributed by atoms with van der Waals surface area (Å²) in [6.07, 6.45) is 3.68. The summed E-state index contributed by atoms with van der Waals surface area (Å²) >= 11 is 7.06. The van der Waals surface area contributed by atoms with Gasteiger partial charge in [-0.05, 0) is 64.0 Å². The highest BCUT2D eigenvalue weighted by Crippen LogP contribution is 2.25. The molecule has 1 aliphatic rings. The van der Waals surface area contributed by atoms with Crippen LogP contribution in [0.2, 0.25) is 0 Å². The minimum absolute atomic E-state index is 0.132. The van der Waals surface area contributed by atoms with Crippen LogP contribution in [0.3, 0.4) is 0 Å². The fraction of sp³-hybridized carbons (Fsp3) is 0.273. The first-order valence-electron chi connectivity index (χ1n) is 9.55. The molecule has 1 aromatic carbocycles. The van der Waals surface area contributed by atoms with Crippen molar-refractivity contribution in [1.29, 1.82) is 0 Å². The van der Waals surface area contributed by atoms with Crippen molar-refractivity contribution >= 4 is 44.9 Å². The largest absolute Gasteiger partial charge is 0.336 e. The molecule has 4 rings (SSSR count). The molecule has 0 radical (unpaired) electrons. The van der Waals surface area contributed by atoms with E-state index in [0.717, 1.165) is 48.9 Å². The van der Waals surface area contributed by atoms with Crippen LogP contribution in [0.5, 0.6) is 0 Å². The van der Waals surface area contributed by atoms with E-state index in [1.165, 1.54) is 14.2 Å². The molecular weight excluding hydrogens is 466 g/mol. The molecule has 0 atom stereocenters. The number of benzene rings is 1. The van der Waals surface area contributed by atoms with Gasteiger partial charge in [-0.2, -0.15) is 0 Å². The molecule has 3 heterocycles. The maximum Gasteiger partial charge on any atom is 0.253 e. The molecule has 0 bridgehead atoms. The zero-order valence-electron chi connectivity index (χ0n) is 16.0. The monoisotopic (exact) mass is 487 g/mol. The summed E-state index contributed by atoms with van der Waals surface area (Å²) in [5.74, 6) is 1.01. The fourth-order valence-electron chi connectivity index (χ4n) is 3.29. The highest BCUT2D eigenvalue weighted by molar-refractivity contribution is 9.11. The van der Waals surface area contributed by atoms with E-state index in [0.29, 0.717) is 0 Å². The van der Waals surface area contributed by atoms with Gasteiger partial charge in [-0.3, -0.25) is 14.7 Å². The molecule has 2 aromatic heterocycles. The smallest absolute Gasteiger partial charge is 0.253 e. The third kappa shape index (κ3) is 5.69. The second kappa shape index (κ2) is 9.89. The summed E-state index contributed by atoms with van der Waals surface area (Å²) < 4.78 is 1.17. The number of pyridine rings is 1. The van der Waals surface area contributed by atoms with Crippen molar-refractivity contribution in [3.8, 4) is 0 Å². The summed E-state index contributed by atoms with van der Waals surface area (Å²) in [6, 6.07) is 16.3. The van der Waals surface area contributed by atoms with Crippen LogP contribution in [-0.2, 0) is 12.3 Å². The number of thiophene rings is 1. The molecule has 0 unspecified atom stereocenters. The van der Waals surface area contributed by atoms with Crippen LogP contribution >= 0.6 is 39.0 Å². The number of nitrogens with zero attached hydrogens (tertiary/aromatic N) is 3. The predicted octanol–water partition coefficient (Wildman–Crippen LogP) is 5.16. The van der Waals surface area contributed by atoms with Crippen molar-refractivity contribution in [2.45, 2.75) is 17.2 Å². The predicted molar refractivity (Wildman–Crippen MR) is 123 cm³/mol.